The summed E-state index contributed by atoms with van der Waals surface area (Å²) in [5.41, 5.74) is -0.177. The summed E-state index contributed by atoms with van der Waals surface area (Å²) in [6, 6.07) is 0. The van der Waals surface area contributed by atoms with Gasteiger partial charge in [0.25, 0.3) is 5.56 Å². The van der Waals surface area contributed by atoms with Crippen molar-refractivity contribution in [1.29, 1.82) is 0 Å². The first-order valence-electron chi connectivity index (χ1n) is 1.76. The Morgan fingerprint density at radius 2 is 2.43 bits per heavy atom. The van der Waals surface area contributed by atoms with Crippen LogP contribution in [0.3, 0.4) is 0 Å². The number of nitrogens with one attached hydrogen (secondary N) is 2. The molecule has 0 bridgehead atoms. The van der Waals surface area contributed by atoms with Crippen molar-refractivity contribution < 1.29 is 0 Å². The van der Waals surface area contributed by atoms with Gasteiger partial charge in [-0.2, -0.15) is 0 Å². The van der Waals surface area contributed by atoms with E-state index in [0.29, 0.717) is 4.90 Å². The van der Waals surface area contributed by atoms with Crippen LogP contribution in [0.15, 0.2) is 15.9 Å². The zero-order valence-electron chi connectivity index (χ0n) is 3.43. The summed E-state index contributed by atoms with van der Waals surface area (Å²) in [6.07, 6.45) is 1.49. The Bertz CT molecular complexity index is 201. The van der Waals surface area contributed by atoms with E-state index < -0.39 is 0 Å². The highest BCUT2D eigenvalue weighted by molar-refractivity contribution is 7.80. The fourth-order valence-corrected chi connectivity index (χ4v) is 0.420. The number of rotatable bonds is 0. The monoisotopic (exact) mass is 116 g/mol. The molecular formula is C3H4N2OS. The van der Waals surface area contributed by atoms with Crippen molar-refractivity contribution in [2.24, 2.45) is 0 Å². The minimum Gasteiger partial charge on any atom is -0.304 e. The SMILES string of the molecule is O=c1[nH][nH]cc1S. The van der Waals surface area contributed by atoms with Gasteiger partial charge in [0.2, 0.25) is 0 Å². The molecule has 0 aromatic carbocycles. The zero-order chi connectivity index (χ0) is 5.28. The second kappa shape index (κ2) is 1.46. The van der Waals surface area contributed by atoms with Gasteiger partial charge >= 0.3 is 0 Å². The van der Waals surface area contributed by atoms with Gasteiger partial charge in [-0.3, -0.25) is 9.89 Å². The van der Waals surface area contributed by atoms with Crippen molar-refractivity contribution in [3.05, 3.63) is 16.6 Å². The molecule has 0 amide bonds. The zero-order valence-corrected chi connectivity index (χ0v) is 4.33. The van der Waals surface area contributed by atoms with E-state index in [9.17, 15) is 4.79 Å². The van der Waals surface area contributed by atoms with Crippen LogP contribution >= 0.6 is 12.6 Å². The van der Waals surface area contributed by atoms with Gasteiger partial charge in [-0.05, 0) is 0 Å². The highest BCUT2D eigenvalue weighted by atomic mass is 32.1. The molecule has 1 rings (SSSR count). The second-order valence-electron chi connectivity index (χ2n) is 1.13. The van der Waals surface area contributed by atoms with Gasteiger partial charge in [0.1, 0.15) is 0 Å². The normalized spacial score (nSPS) is 9.29. The smallest absolute Gasteiger partial charge is 0.277 e. The van der Waals surface area contributed by atoms with E-state index in [-0.39, 0.29) is 5.56 Å². The van der Waals surface area contributed by atoms with E-state index in [1.807, 2.05) is 0 Å². The molecule has 1 aromatic rings. The molecule has 0 fully saturated rings. The molecule has 0 spiro atoms. The molecule has 0 saturated heterocycles. The van der Waals surface area contributed by atoms with Crippen molar-refractivity contribution in [2.45, 2.75) is 4.90 Å². The molecule has 0 radical (unpaired) electrons. The summed E-state index contributed by atoms with van der Waals surface area (Å²) < 4.78 is 0. The van der Waals surface area contributed by atoms with E-state index >= 15 is 0 Å². The summed E-state index contributed by atoms with van der Waals surface area (Å²) in [5, 5.41) is 4.80. The molecule has 0 saturated carbocycles. The third kappa shape index (κ3) is 0.691. The number of aromatic amines is 2. The maximum atomic E-state index is 10.3. The fourth-order valence-electron chi connectivity index (χ4n) is 0.300. The molecule has 38 valence electrons. The van der Waals surface area contributed by atoms with Crippen LogP contribution in [0, 0.1) is 0 Å². The molecule has 0 unspecified atom stereocenters. The first-order valence-corrected chi connectivity index (χ1v) is 2.20. The van der Waals surface area contributed by atoms with Crippen LogP contribution in [0.1, 0.15) is 0 Å². The highest BCUT2D eigenvalue weighted by Crippen LogP contribution is 1.88. The lowest BCUT2D eigenvalue weighted by atomic mass is 10.7. The van der Waals surface area contributed by atoms with Crippen LogP contribution in [0.2, 0.25) is 0 Å². The van der Waals surface area contributed by atoms with Gasteiger partial charge in [-0.25, -0.2) is 0 Å². The van der Waals surface area contributed by atoms with Gasteiger partial charge in [0, 0.05) is 6.20 Å². The van der Waals surface area contributed by atoms with Crippen LogP contribution in [0.25, 0.3) is 0 Å². The minimum absolute atomic E-state index is 0.177. The number of H-pyrrole nitrogens is 2. The van der Waals surface area contributed by atoms with Crippen LogP contribution in [-0.4, -0.2) is 10.2 Å². The van der Waals surface area contributed by atoms with E-state index in [4.69, 9.17) is 0 Å². The number of aromatic nitrogens is 2. The summed E-state index contributed by atoms with van der Waals surface area (Å²) in [5.74, 6) is 0. The molecule has 1 heterocycles. The molecule has 2 N–H and O–H groups in total. The fraction of sp³-hybridized carbons (Fsp3) is 0. The second-order valence-corrected chi connectivity index (χ2v) is 1.61. The first kappa shape index (κ1) is 4.52. The van der Waals surface area contributed by atoms with Crippen molar-refractivity contribution in [3.63, 3.8) is 0 Å². The third-order valence-electron chi connectivity index (χ3n) is 0.627. The predicted molar refractivity (Wildman–Crippen MR) is 28.7 cm³/mol. The quantitative estimate of drug-likeness (QED) is 0.410. The molecule has 1 aromatic heterocycles. The summed E-state index contributed by atoms with van der Waals surface area (Å²) in [7, 11) is 0. The Balaban J connectivity index is 3.39. The lowest BCUT2D eigenvalue weighted by Gasteiger charge is -1.62. The maximum Gasteiger partial charge on any atom is 0.277 e. The van der Waals surface area contributed by atoms with E-state index in [2.05, 4.69) is 22.8 Å². The van der Waals surface area contributed by atoms with Crippen LogP contribution in [-0.2, 0) is 0 Å². The van der Waals surface area contributed by atoms with Gasteiger partial charge in [-0.1, -0.05) is 0 Å². The lowest BCUT2D eigenvalue weighted by molar-refractivity contribution is 1.05. The van der Waals surface area contributed by atoms with E-state index in [0.717, 1.165) is 0 Å². The molecule has 0 aliphatic carbocycles. The highest BCUT2D eigenvalue weighted by Gasteiger charge is 1.87. The van der Waals surface area contributed by atoms with E-state index in [1.54, 1.807) is 0 Å². The average Bonchev–Trinajstić information content (AvgIpc) is 1.91. The van der Waals surface area contributed by atoms with Gasteiger partial charge in [-0.15, -0.1) is 12.6 Å². The summed E-state index contributed by atoms with van der Waals surface area (Å²) >= 11 is 3.77. The van der Waals surface area contributed by atoms with Crippen molar-refractivity contribution in [1.82, 2.24) is 10.2 Å². The van der Waals surface area contributed by atoms with Crippen molar-refractivity contribution >= 4 is 12.6 Å². The van der Waals surface area contributed by atoms with Crippen molar-refractivity contribution in [2.75, 3.05) is 0 Å². The number of hydrogen-bond acceptors (Lipinski definition) is 2. The molecular weight excluding hydrogens is 112 g/mol. The maximum absolute atomic E-state index is 10.3. The Kier molecular flexibility index (Phi) is 0.941. The van der Waals surface area contributed by atoms with Gasteiger partial charge in [0.15, 0.2) is 0 Å². The summed E-state index contributed by atoms with van der Waals surface area (Å²) in [4.78, 5) is 10.7. The Labute approximate surface area is 45.1 Å². The Morgan fingerprint density at radius 1 is 1.71 bits per heavy atom. The molecule has 7 heavy (non-hydrogen) atoms. The van der Waals surface area contributed by atoms with E-state index in [1.165, 1.54) is 6.20 Å². The van der Waals surface area contributed by atoms with Crippen LogP contribution < -0.4 is 5.56 Å². The molecule has 0 aliphatic heterocycles. The van der Waals surface area contributed by atoms with Gasteiger partial charge < -0.3 is 5.10 Å². The van der Waals surface area contributed by atoms with Crippen molar-refractivity contribution in [3.8, 4) is 0 Å². The number of hydrogen-bond donors (Lipinski definition) is 3. The molecule has 3 nitrogen and oxygen atoms in total. The molecule has 4 heteroatoms. The Hall–Kier alpha value is -0.640. The molecule has 0 atom stereocenters. The summed E-state index contributed by atoms with van der Waals surface area (Å²) in [6.45, 7) is 0. The Morgan fingerprint density at radius 3 is 2.57 bits per heavy atom. The number of thiol groups is 1. The topological polar surface area (TPSA) is 48.6 Å². The standard InChI is InChI=1S/C3H4N2OS/c6-3-2(7)1-4-5-3/h1,7H,(H2,4,5,6). The lowest BCUT2D eigenvalue weighted by Crippen LogP contribution is -1.97. The average molecular weight is 116 g/mol. The first-order chi connectivity index (χ1) is 3.30. The van der Waals surface area contributed by atoms with Gasteiger partial charge in [0.05, 0.1) is 4.90 Å². The third-order valence-corrected chi connectivity index (χ3v) is 0.959. The van der Waals surface area contributed by atoms with Crippen LogP contribution in [0.4, 0.5) is 0 Å². The predicted octanol–water partition coefficient (Wildman–Crippen LogP) is -0.00830. The largest absolute Gasteiger partial charge is 0.304 e. The van der Waals surface area contributed by atoms with Crippen LogP contribution in [0.5, 0.6) is 0 Å². The minimum atomic E-state index is -0.177. The molecule has 0 aliphatic rings.